The lowest BCUT2D eigenvalue weighted by molar-refractivity contribution is -0.120. The van der Waals surface area contributed by atoms with Crippen LogP contribution in [0.15, 0.2) is 89.7 Å². The Labute approximate surface area is 340 Å². The summed E-state index contributed by atoms with van der Waals surface area (Å²) in [6, 6.07) is 30.2. The molecule has 4 bridgehead atoms. The van der Waals surface area contributed by atoms with Crippen molar-refractivity contribution in [3.05, 3.63) is 95.3 Å². The van der Waals surface area contributed by atoms with Crippen molar-refractivity contribution in [3.63, 3.8) is 0 Å². The number of piperidine rings is 2. The van der Waals surface area contributed by atoms with E-state index in [-0.39, 0.29) is 29.6 Å². The summed E-state index contributed by atoms with van der Waals surface area (Å²) in [5, 5.41) is 4.72. The van der Waals surface area contributed by atoms with Gasteiger partial charge in [-0.1, -0.05) is 119 Å². The summed E-state index contributed by atoms with van der Waals surface area (Å²) < 4.78 is 2.14. The standard InChI is InChI=1S/C48H63N5O3Si/c1-33(54)49-43-32-51(44(43)25-26-48(2,3)57(56,40-19-6-4-7-20-40)41-21-8-5-9-22-41)46-47(55)53(45-24-13-12-23-42(45)50-46)39-30-36-17-14-18-37(31-39)52(36)38-28-34-15-10-11-16-35(27-34)29-38/h4-9,12-13,19-24,34-39,43-44,56H,10-11,14-18,25-32H2,1-3H3,(H,49,54)/t34?,35?,36-,37+,38?,39?,43-,44-/m1/s1. The Balaban J connectivity index is 1.02. The second kappa shape index (κ2) is 15.8. The first-order chi connectivity index (χ1) is 27.6. The Hall–Kier alpha value is -3.79. The van der Waals surface area contributed by atoms with E-state index < -0.39 is 13.4 Å². The molecular weight excluding hydrogens is 723 g/mol. The van der Waals surface area contributed by atoms with Gasteiger partial charge in [0.25, 0.3) is 13.9 Å². The molecule has 302 valence electrons. The molecule has 1 amide bonds. The Morgan fingerprint density at radius 3 is 1.98 bits per heavy atom. The van der Waals surface area contributed by atoms with Gasteiger partial charge < -0.3 is 19.6 Å². The van der Waals surface area contributed by atoms with Crippen molar-refractivity contribution >= 4 is 41.4 Å². The average molecular weight is 786 g/mol. The zero-order valence-corrected chi connectivity index (χ0v) is 35.4. The number of carbonyl (C=O) groups is 1. The van der Waals surface area contributed by atoms with Crippen molar-refractivity contribution in [2.75, 3.05) is 11.4 Å². The third kappa shape index (κ3) is 7.20. The molecule has 5 fully saturated rings. The molecule has 2 N–H and O–H groups in total. The van der Waals surface area contributed by atoms with E-state index in [9.17, 15) is 9.59 Å². The summed E-state index contributed by atoms with van der Waals surface area (Å²) in [6.07, 6.45) is 17.0. The van der Waals surface area contributed by atoms with E-state index in [1.165, 1.54) is 64.2 Å². The molecule has 5 aliphatic rings. The van der Waals surface area contributed by atoms with Gasteiger partial charge in [0.2, 0.25) is 5.91 Å². The lowest BCUT2D eigenvalue weighted by Crippen LogP contribution is -2.69. The maximum atomic E-state index is 15.1. The predicted octanol–water partition coefficient (Wildman–Crippen LogP) is 7.32. The largest absolute Gasteiger partial charge is 0.424 e. The van der Waals surface area contributed by atoms with E-state index in [1.54, 1.807) is 6.92 Å². The van der Waals surface area contributed by atoms with Crippen molar-refractivity contribution in [3.8, 4) is 0 Å². The Kier molecular flexibility index (Phi) is 10.7. The number of nitrogens with one attached hydrogen (secondary N) is 1. The topological polar surface area (TPSA) is 90.7 Å². The highest BCUT2D eigenvalue weighted by atomic mass is 28.4. The number of nitrogens with zero attached hydrogens (tertiary/aromatic N) is 4. The Morgan fingerprint density at radius 2 is 1.37 bits per heavy atom. The molecule has 0 radical (unpaired) electrons. The zero-order chi connectivity index (χ0) is 39.3. The van der Waals surface area contributed by atoms with Crippen molar-refractivity contribution in [1.29, 1.82) is 0 Å². The van der Waals surface area contributed by atoms with Gasteiger partial charge in [-0.15, -0.1) is 0 Å². The van der Waals surface area contributed by atoms with E-state index >= 15 is 4.79 Å². The van der Waals surface area contributed by atoms with Crippen LogP contribution in [0.5, 0.6) is 0 Å². The molecule has 8 nitrogen and oxygen atoms in total. The van der Waals surface area contributed by atoms with Gasteiger partial charge in [-0.3, -0.25) is 14.5 Å². The minimum absolute atomic E-state index is 0.00102. The molecule has 9 heteroatoms. The number of anilines is 1. The molecule has 7 atom stereocenters. The highest BCUT2D eigenvalue weighted by Crippen LogP contribution is 2.47. The van der Waals surface area contributed by atoms with Crippen LogP contribution >= 0.6 is 0 Å². The number of benzene rings is 3. The maximum Gasteiger partial charge on any atom is 0.294 e. The van der Waals surface area contributed by atoms with E-state index in [0.29, 0.717) is 43.3 Å². The first-order valence-corrected chi connectivity index (χ1v) is 24.2. The van der Waals surface area contributed by atoms with Crippen LogP contribution in [0.2, 0.25) is 5.04 Å². The molecule has 2 aliphatic carbocycles. The summed E-state index contributed by atoms with van der Waals surface area (Å²) in [5.74, 6) is 2.23. The van der Waals surface area contributed by atoms with Crippen LogP contribution in [0, 0.1) is 11.8 Å². The predicted molar refractivity (Wildman–Crippen MR) is 233 cm³/mol. The number of amides is 1. The third-order valence-corrected chi connectivity index (χ3v) is 19.8. The summed E-state index contributed by atoms with van der Waals surface area (Å²) >= 11 is 0. The van der Waals surface area contributed by atoms with Crippen molar-refractivity contribution in [1.82, 2.24) is 19.8 Å². The minimum atomic E-state index is -3.25. The number of hydrogen-bond donors (Lipinski definition) is 2. The fourth-order valence-corrected chi connectivity index (χ4v) is 16.3. The van der Waals surface area contributed by atoms with Gasteiger partial charge in [-0.05, 0) is 97.2 Å². The number of hydrogen-bond acceptors (Lipinski definition) is 6. The summed E-state index contributed by atoms with van der Waals surface area (Å²) in [4.78, 5) is 50.9. The fourth-order valence-electron chi connectivity index (χ4n) is 12.5. The van der Waals surface area contributed by atoms with Gasteiger partial charge in [-0.25, -0.2) is 4.98 Å². The van der Waals surface area contributed by atoms with E-state index in [0.717, 1.165) is 46.1 Å². The molecular formula is C48H63N5O3Si. The van der Waals surface area contributed by atoms with Gasteiger partial charge in [-0.2, -0.15) is 0 Å². The molecule has 1 aromatic heterocycles. The monoisotopic (exact) mass is 785 g/mol. The number of carbonyl (C=O) groups excluding carboxylic acids is 1. The van der Waals surface area contributed by atoms with E-state index in [1.807, 2.05) is 48.5 Å². The van der Waals surface area contributed by atoms with Gasteiger partial charge >= 0.3 is 0 Å². The lowest BCUT2D eigenvalue weighted by Gasteiger charge is -2.55. The number of aromatic nitrogens is 2. The van der Waals surface area contributed by atoms with Crippen LogP contribution in [-0.2, 0) is 4.79 Å². The molecule has 3 aromatic carbocycles. The van der Waals surface area contributed by atoms with Crippen LogP contribution in [-0.4, -0.2) is 70.2 Å². The Morgan fingerprint density at radius 1 is 0.772 bits per heavy atom. The molecule has 3 aliphatic heterocycles. The normalized spacial score (nSPS) is 29.4. The zero-order valence-electron chi connectivity index (χ0n) is 34.4. The molecule has 0 spiro atoms. The quantitative estimate of drug-likeness (QED) is 0.164. The number of para-hydroxylation sites is 2. The van der Waals surface area contributed by atoms with Crippen molar-refractivity contribution < 1.29 is 9.59 Å². The van der Waals surface area contributed by atoms with Crippen LogP contribution in [0.25, 0.3) is 11.0 Å². The van der Waals surface area contributed by atoms with Crippen LogP contribution in [0.1, 0.15) is 117 Å². The summed E-state index contributed by atoms with van der Waals surface area (Å²) in [7, 11) is -3.25. The number of rotatable bonds is 10. The van der Waals surface area contributed by atoms with Crippen LogP contribution < -0.4 is 26.1 Å². The lowest BCUT2D eigenvalue weighted by atomic mass is 9.73. The van der Waals surface area contributed by atoms with Gasteiger partial charge in [0.15, 0.2) is 5.82 Å². The minimum Gasteiger partial charge on any atom is -0.424 e. The molecule has 3 saturated heterocycles. The molecule has 57 heavy (non-hydrogen) atoms. The molecule has 4 aromatic rings. The third-order valence-electron chi connectivity index (χ3n) is 15.3. The van der Waals surface area contributed by atoms with E-state index in [2.05, 4.69) is 69.9 Å². The SMILES string of the molecule is CC(=O)N[C@@H]1CN(c2nc3ccccc3n(C3C[C@H]4CCC[C@@H](C3)N4C3CC4CCCCC(C4)C3)c2=O)[C@@H]1CCC(C)(C)[Si](O)(c1ccccc1)c1ccccc1. The molecule has 3 unspecified atom stereocenters. The maximum absolute atomic E-state index is 15.1. The highest BCUT2D eigenvalue weighted by molar-refractivity contribution is 6.98. The molecule has 2 saturated carbocycles. The summed E-state index contributed by atoms with van der Waals surface area (Å²) in [5.41, 5.74) is 1.79. The molecule has 9 rings (SSSR count). The van der Waals surface area contributed by atoms with Crippen molar-refractivity contribution in [2.45, 2.75) is 152 Å². The second-order valence-electron chi connectivity index (χ2n) is 19.2. The molecule has 4 heterocycles. The van der Waals surface area contributed by atoms with Crippen LogP contribution in [0.4, 0.5) is 5.82 Å². The van der Waals surface area contributed by atoms with Gasteiger partial charge in [0, 0.05) is 37.6 Å². The first kappa shape index (κ1) is 38.7. The highest BCUT2D eigenvalue weighted by Gasteiger charge is 2.52. The number of fused-ring (bicyclic) bond motifs is 5. The van der Waals surface area contributed by atoms with Crippen molar-refractivity contribution in [2.24, 2.45) is 11.8 Å². The second-order valence-corrected chi connectivity index (χ2v) is 23.1. The van der Waals surface area contributed by atoms with Gasteiger partial charge in [0.1, 0.15) is 0 Å². The first-order valence-electron chi connectivity index (χ1n) is 22.3. The summed E-state index contributed by atoms with van der Waals surface area (Å²) in [6.45, 7) is 6.51. The Bertz CT molecular complexity index is 2040. The fraction of sp³-hybridized carbons (Fsp3) is 0.562. The smallest absolute Gasteiger partial charge is 0.294 e. The van der Waals surface area contributed by atoms with Gasteiger partial charge in [0.05, 0.1) is 23.1 Å². The van der Waals surface area contributed by atoms with Crippen LogP contribution in [0.3, 0.4) is 0 Å². The average Bonchev–Trinajstić information content (AvgIpc) is 3.37. The van der Waals surface area contributed by atoms with E-state index in [4.69, 9.17) is 4.98 Å².